The summed E-state index contributed by atoms with van der Waals surface area (Å²) in [6.07, 6.45) is 1.53. The van der Waals surface area contributed by atoms with E-state index in [1.807, 2.05) is 24.3 Å². The van der Waals surface area contributed by atoms with Crippen molar-refractivity contribution >= 4 is 41.4 Å². The second kappa shape index (κ2) is 10.5. The Hall–Kier alpha value is -2.51. The zero-order chi connectivity index (χ0) is 18.8. The van der Waals surface area contributed by atoms with Crippen molar-refractivity contribution in [3.8, 4) is 5.75 Å². The number of primary amides is 1. The maximum atomic E-state index is 11.8. The van der Waals surface area contributed by atoms with Gasteiger partial charge < -0.3 is 10.5 Å². The van der Waals surface area contributed by atoms with Gasteiger partial charge >= 0.3 is 0 Å². The maximum absolute atomic E-state index is 11.8. The molecule has 0 saturated carbocycles. The normalized spacial score (nSPS) is 10.7. The summed E-state index contributed by atoms with van der Waals surface area (Å²) in [5.41, 5.74) is 9.37. The Balaban J connectivity index is 1.69. The molecule has 26 heavy (non-hydrogen) atoms. The lowest BCUT2D eigenvalue weighted by molar-refractivity contribution is -0.120. The highest BCUT2D eigenvalue weighted by Gasteiger charge is 2.01. The number of nitrogens with two attached hydrogens (primary N) is 1. The SMILES string of the molecule is NC(=O)COc1ccc(/C=N\NC(=O)CSCc2ccc(Cl)cc2)cc1. The Morgan fingerprint density at radius 3 is 2.50 bits per heavy atom. The molecule has 2 rings (SSSR count). The van der Waals surface area contributed by atoms with Crippen LogP contribution in [0, 0.1) is 0 Å². The van der Waals surface area contributed by atoms with Crippen molar-refractivity contribution < 1.29 is 14.3 Å². The molecule has 2 aromatic rings. The summed E-state index contributed by atoms with van der Waals surface area (Å²) < 4.78 is 5.15. The number of benzene rings is 2. The van der Waals surface area contributed by atoms with Crippen molar-refractivity contribution in [2.24, 2.45) is 10.8 Å². The van der Waals surface area contributed by atoms with Crippen LogP contribution in [0.15, 0.2) is 53.6 Å². The summed E-state index contributed by atoms with van der Waals surface area (Å²) in [6, 6.07) is 14.4. The predicted octanol–water partition coefficient (Wildman–Crippen LogP) is 2.59. The number of ether oxygens (including phenoxy) is 1. The molecule has 3 N–H and O–H groups in total. The first-order valence-electron chi connectivity index (χ1n) is 7.68. The van der Waals surface area contributed by atoms with E-state index in [-0.39, 0.29) is 12.5 Å². The molecule has 0 atom stereocenters. The molecule has 0 heterocycles. The van der Waals surface area contributed by atoms with Crippen LogP contribution in [-0.2, 0) is 15.3 Å². The molecule has 0 radical (unpaired) electrons. The zero-order valence-electron chi connectivity index (χ0n) is 13.9. The molecular weight excluding hydrogens is 374 g/mol. The molecule has 8 heteroatoms. The topological polar surface area (TPSA) is 93.8 Å². The van der Waals surface area contributed by atoms with Crippen LogP contribution in [0.4, 0.5) is 0 Å². The van der Waals surface area contributed by atoms with Crippen LogP contribution < -0.4 is 15.9 Å². The molecule has 2 amide bonds. The number of hydrazone groups is 1. The number of nitrogens with one attached hydrogen (secondary N) is 1. The number of nitrogens with zero attached hydrogens (tertiary/aromatic N) is 1. The first kappa shape index (κ1) is 19.8. The summed E-state index contributed by atoms with van der Waals surface area (Å²) in [4.78, 5) is 22.4. The van der Waals surface area contributed by atoms with Crippen LogP contribution in [0.1, 0.15) is 11.1 Å². The van der Waals surface area contributed by atoms with Gasteiger partial charge in [0.1, 0.15) is 5.75 Å². The van der Waals surface area contributed by atoms with E-state index in [0.29, 0.717) is 16.5 Å². The van der Waals surface area contributed by atoms with E-state index in [9.17, 15) is 9.59 Å². The van der Waals surface area contributed by atoms with Gasteiger partial charge in [-0.05, 0) is 47.5 Å². The van der Waals surface area contributed by atoms with Gasteiger partial charge in [0.2, 0.25) is 5.91 Å². The first-order chi connectivity index (χ1) is 12.5. The first-order valence-corrected chi connectivity index (χ1v) is 9.21. The van der Waals surface area contributed by atoms with Crippen LogP contribution in [-0.4, -0.2) is 30.4 Å². The van der Waals surface area contributed by atoms with Gasteiger partial charge in [-0.2, -0.15) is 5.10 Å². The molecule has 0 fully saturated rings. The molecule has 2 aromatic carbocycles. The minimum absolute atomic E-state index is 0.169. The van der Waals surface area contributed by atoms with Gasteiger partial charge in [-0.1, -0.05) is 23.7 Å². The smallest absolute Gasteiger partial charge is 0.255 e. The van der Waals surface area contributed by atoms with E-state index >= 15 is 0 Å². The van der Waals surface area contributed by atoms with Crippen LogP contribution in [0.3, 0.4) is 0 Å². The average molecular weight is 392 g/mol. The average Bonchev–Trinajstić information content (AvgIpc) is 2.63. The van der Waals surface area contributed by atoms with Crippen LogP contribution in [0.25, 0.3) is 0 Å². The number of carbonyl (C=O) groups excluding carboxylic acids is 2. The minimum Gasteiger partial charge on any atom is -0.484 e. The number of carbonyl (C=O) groups is 2. The number of amides is 2. The highest BCUT2D eigenvalue weighted by molar-refractivity contribution is 7.99. The predicted molar refractivity (Wildman–Crippen MR) is 104 cm³/mol. The van der Waals surface area contributed by atoms with Crippen LogP contribution in [0.5, 0.6) is 5.75 Å². The van der Waals surface area contributed by atoms with Crippen molar-refractivity contribution in [1.82, 2.24) is 5.43 Å². The van der Waals surface area contributed by atoms with Gasteiger partial charge in [0, 0.05) is 10.8 Å². The van der Waals surface area contributed by atoms with E-state index in [0.717, 1.165) is 16.9 Å². The lowest BCUT2D eigenvalue weighted by atomic mass is 10.2. The van der Waals surface area contributed by atoms with E-state index < -0.39 is 5.91 Å². The van der Waals surface area contributed by atoms with Crippen molar-refractivity contribution in [1.29, 1.82) is 0 Å². The number of hydrogen-bond acceptors (Lipinski definition) is 5. The van der Waals surface area contributed by atoms with Gasteiger partial charge in [0.05, 0.1) is 12.0 Å². The molecule has 0 aromatic heterocycles. The molecular formula is C18H18ClN3O3S. The van der Waals surface area contributed by atoms with Gasteiger partial charge in [0.15, 0.2) is 6.61 Å². The van der Waals surface area contributed by atoms with E-state index in [1.165, 1.54) is 18.0 Å². The highest BCUT2D eigenvalue weighted by Crippen LogP contribution is 2.15. The molecule has 0 aliphatic carbocycles. The third kappa shape index (κ3) is 7.58. The summed E-state index contributed by atoms with van der Waals surface area (Å²) in [7, 11) is 0. The highest BCUT2D eigenvalue weighted by atomic mass is 35.5. The molecule has 0 aliphatic heterocycles. The fourth-order valence-electron chi connectivity index (χ4n) is 1.86. The van der Waals surface area contributed by atoms with E-state index in [4.69, 9.17) is 22.1 Å². The van der Waals surface area contributed by atoms with Gasteiger partial charge in [-0.25, -0.2) is 5.43 Å². The molecule has 0 unspecified atom stereocenters. The van der Waals surface area contributed by atoms with E-state index in [2.05, 4.69) is 10.5 Å². The van der Waals surface area contributed by atoms with Gasteiger partial charge in [-0.15, -0.1) is 11.8 Å². The monoisotopic (exact) mass is 391 g/mol. The third-order valence-electron chi connectivity index (χ3n) is 3.08. The summed E-state index contributed by atoms with van der Waals surface area (Å²) in [6.45, 7) is -0.169. The van der Waals surface area contributed by atoms with Crippen LogP contribution in [0.2, 0.25) is 5.02 Å². The second-order valence-electron chi connectivity index (χ2n) is 5.24. The summed E-state index contributed by atoms with van der Waals surface area (Å²) >= 11 is 7.32. The summed E-state index contributed by atoms with van der Waals surface area (Å²) in [5, 5.41) is 4.61. The fraction of sp³-hybridized carbons (Fsp3) is 0.167. The molecule has 0 saturated heterocycles. The second-order valence-corrected chi connectivity index (χ2v) is 6.66. The fourth-order valence-corrected chi connectivity index (χ4v) is 2.76. The van der Waals surface area contributed by atoms with Gasteiger partial charge in [0.25, 0.3) is 5.91 Å². The Kier molecular flexibility index (Phi) is 7.98. The molecule has 0 aliphatic rings. The Bertz CT molecular complexity index is 764. The Labute approximate surface area is 160 Å². The molecule has 136 valence electrons. The number of halogens is 1. The summed E-state index contributed by atoms with van der Waals surface area (Å²) in [5.74, 6) is 0.846. The minimum atomic E-state index is -0.535. The number of hydrogen-bond donors (Lipinski definition) is 2. The van der Waals surface area contributed by atoms with Gasteiger partial charge in [-0.3, -0.25) is 9.59 Å². The Morgan fingerprint density at radius 1 is 1.15 bits per heavy atom. The largest absolute Gasteiger partial charge is 0.484 e. The van der Waals surface area contributed by atoms with E-state index in [1.54, 1.807) is 24.3 Å². The standard InChI is InChI=1S/C18H18ClN3O3S/c19-15-5-1-14(2-6-15)11-26-12-18(24)22-21-9-13-3-7-16(8-4-13)25-10-17(20)23/h1-9H,10-12H2,(H2,20,23)(H,22,24)/b21-9-. The van der Waals surface area contributed by atoms with Crippen molar-refractivity contribution in [3.05, 3.63) is 64.7 Å². The maximum Gasteiger partial charge on any atom is 0.255 e. The quantitative estimate of drug-likeness (QED) is 0.507. The molecule has 0 bridgehead atoms. The molecule has 6 nitrogen and oxygen atoms in total. The number of thioether (sulfide) groups is 1. The van der Waals surface area contributed by atoms with Crippen LogP contribution >= 0.6 is 23.4 Å². The Morgan fingerprint density at radius 2 is 1.85 bits per heavy atom. The van der Waals surface area contributed by atoms with Crippen molar-refractivity contribution in [2.45, 2.75) is 5.75 Å². The van der Waals surface area contributed by atoms with Crippen molar-refractivity contribution in [2.75, 3.05) is 12.4 Å². The third-order valence-corrected chi connectivity index (χ3v) is 4.33. The lowest BCUT2D eigenvalue weighted by Crippen LogP contribution is -2.20. The zero-order valence-corrected chi connectivity index (χ0v) is 15.4. The lowest BCUT2D eigenvalue weighted by Gasteiger charge is -2.03. The van der Waals surface area contributed by atoms with Crippen molar-refractivity contribution in [3.63, 3.8) is 0 Å². The number of rotatable bonds is 9. The molecule has 0 spiro atoms.